The Morgan fingerprint density at radius 1 is 1.25 bits per heavy atom. The molecule has 1 atom stereocenters. The van der Waals surface area contributed by atoms with Gasteiger partial charge >= 0.3 is 0 Å². The highest BCUT2D eigenvalue weighted by molar-refractivity contribution is 6.00. The average molecular weight is 336 g/mol. The number of para-hydroxylation sites is 1. The highest BCUT2D eigenvalue weighted by atomic mass is 19.1. The van der Waals surface area contributed by atoms with Crippen molar-refractivity contribution >= 4 is 17.5 Å². The van der Waals surface area contributed by atoms with Crippen molar-refractivity contribution in [3.05, 3.63) is 30.1 Å². The Balaban J connectivity index is 1.60. The number of carbonyl (C=O) groups is 2. The van der Waals surface area contributed by atoms with E-state index < -0.39 is 18.1 Å². The molecule has 3 rings (SSSR count). The summed E-state index contributed by atoms with van der Waals surface area (Å²) in [5, 5.41) is 2.72. The van der Waals surface area contributed by atoms with Crippen molar-refractivity contribution in [2.45, 2.75) is 38.0 Å². The van der Waals surface area contributed by atoms with Gasteiger partial charge in [0.1, 0.15) is 11.9 Å². The van der Waals surface area contributed by atoms with E-state index in [0.29, 0.717) is 32.6 Å². The minimum absolute atomic E-state index is 0.0590. The first-order chi connectivity index (χ1) is 11.6. The summed E-state index contributed by atoms with van der Waals surface area (Å²) in [5.41, 5.74) is 0.250. The second-order valence-electron chi connectivity index (χ2n) is 5.93. The van der Waals surface area contributed by atoms with Crippen LogP contribution in [-0.2, 0) is 19.1 Å². The van der Waals surface area contributed by atoms with Gasteiger partial charge in [0, 0.05) is 6.54 Å². The number of nitrogens with zero attached hydrogens (tertiary/aromatic N) is 1. The van der Waals surface area contributed by atoms with E-state index in [4.69, 9.17) is 9.47 Å². The molecule has 2 aliphatic rings. The van der Waals surface area contributed by atoms with Crippen LogP contribution in [0.25, 0.3) is 0 Å². The molecule has 0 aromatic heterocycles. The van der Waals surface area contributed by atoms with E-state index in [9.17, 15) is 14.0 Å². The Morgan fingerprint density at radius 2 is 2.00 bits per heavy atom. The van der Waals surface area contributed by atoms with Crippen molar-refractivity contribution in [3.63, 3.8) is 0 Å². The maximum absolute atomic E-state index is 13.9. The quantitative estimate of drug-likeness (QED) is 0.907. The number of hydrogen-bond donors (Lipinski definition) is 1. The minimum atomic E-state index is -0.644. The largest absolute Gasteiger partial charge is 0.352 e. The maximum atomic E-state index is 13.9. The number of amides is 2. The summed E-state index contributed by atoms with van der Waals surface area (Å²) in [4.78, 5) is 26.1. The standard InChI is InChI=1S/C17H21FN2O4/c18-12-5-1-2-7-14(12)20-8-3-6-13(17(20)22)19-15(21)11-16-23-9-4-10-24-16/h1-2,5,7,13,16H,3-4,6,8-11H2,(H,19,21)/t13-/m0/s1. The second-order valence-corrected chi connectivity index (χ2v) is 5.93. The second kappa shape index (κ2) is 7.72. The summed E-state index contributed by atoms with van der Waals surface area (Å²) in [6.45, 7) is 1.59. The number of halogens is 1. The Hall–Kier alpha value is -1.99. The Bertz CT molecular complexity index is 604. The lowest BCUT2D eigenvalue weighted by atomic mass is 10.0. The average Bonchev–Trinajstić information content (AvgIpc) is 2.58. The van der Waals surface area contributed by atoms with Gasteiger partial charge in [0.15, 0.2) is 6.29 Å². The molecule has 0 spiro atoms. The van der Waals surface area contributed by atoms with Crippen molar-refractivity contribution in [2.24, 2.45) is 0 Å². The third kappa shape index (κ3) is 3.91. The summed E-state index contributed by atoms with van der Waals surface area (Å²) in [6.07, 6.45) is 1.56. The molecule has 2 heterocycles. The summed E-state index contributed by atoms with van der Waals surface area (Å²) >= 11 is 0. The van der Waals surface area contributed by atoms with E-state index in [2.05, 4.69) is 5.32 Å². The molecule has 130 valence electrons. The van der Waals surface area contributed by atoms with E-state index in [1.807, 2.05) is 0 Å². The highest BCUT2D eigenvalue weighted by Crippen LogP contribution is 2.24. The van der Waals surface area contributed by atoms with Crippen molar-refractivity contribution in [1.82, 2.24) is 5.32 Å². The molecule has 0 radical (unpaired) electrons. The third-order valence-electron chi connectivity index (χ3n) is 4.17. The molecule has 24 heavy (non-hydrogen) atoms. The monoisotopic (exact) mass is 336 g/mol. The van der Waals surface area contributed by atoms with E-state index in [1.54, 1.807) is 18.2 Å². The Labute approximate surface area is 139 Å². The lowest BCUT2D eigenvalue weighted by Gasteiger charge is -2.33. The van der Waals surface area contributed by atoms with E-state index >= 15 is 0 Å². The molecule has 0 unspecified atom stereocenters. The molecule has 1 aromatic carbocycles. The lowest BCUT2D eigenvalue weighted by molar-refractivity contribution is -0.184. The molecule has 7 heteroatoms. The molecule has 2 aliphatic heterocycles. The first kappa shape index (κ1) is 16.9. The van der Waals surface area contributed by atoms with Gasteiger partial charge in [-0.15, -0.1) is 0 Å². The number of benzene rings is 1. The normalized spacial score (nSPS) is 22.5. The van der Waals surface area contributed by atoms with Gasteiger partial charge in [-0.3, -0.25) is 9.59 Å². The molecule has 6 nitrogen and oxygen atoms in total. The lowest BCUT2D eigenvalue weighted by Crippen LogP contribution is -2.53. The predicted octanol–water partition coefficient (Wildman–Crippen LogP) is 1.59. The highest BCUT2D eigenvalue weighted by Gasteiger charge is 2.32. The van der Waals surface area contributed by atoms with Gasteiger partial charge in [-0.2, -0.15) is 0 Å². The SMILES string of the molecule is O=C(CC1OCCCO1)N[C@H]1CCCN(c2ccccc2F)C1=O. The molecule has 2 amide bonds. The topological polar surface area (TPSA) is 67.9 Å². The van der Waals surface area contributed by atoms with Crippen LogP contribution in [0.4, 0.5) is 10.1 Å². The van der Waals surface area contributed by atoms with Crippen LogP contribution in [0.5, 0.6) is 0 Å². The van der Waals surface area contributed by atoms with Gasteiger partial charge in [0.25, 0.3) is 0 Å². The fourth-order valence-electron chi connectivity index (χ4n) is 2.98. The summed E-state index contributed by atoms with van der Waals surface area (Å²) in [5.74, 6) is -1.03. The molecule has 1 N–H and O–H groups in total. The van der Waals surface area contributed by atoms with Crippen molar-refractivity contribution in [3.8, 4) is 0 Å². The van der Waals surface area contributed by atoms with Crippen LogP contribution in [-0.4, -0.2) is 43.9 Å². The first-order valence-electron chi connectivity index (χ1n) is 8.23. The Morgan fingerprint density at radius 3 is 2.75 bits per heavy atom. The molecule has 1 aromatic rings. The number of piperidine rings is 1. The maximum Gasteiger partial charge on any atom is 0.249 e. The van der Waals surface area contributed by atoms with Crippen molar-refractivity contribution in [1.29, 1.82) is 0 Å². The van der Waals surface area contributed by atoms with Gasteiger partial charge in [-0.05, 0) is 31.4 Å². The fraction of sp³-hybridized carbons (Fsp3) is 0.529. The van der Waals surface area contributed by atoms with Gasteiger partial charge in [-0.1, -0.05) is 12.1 Å². The number of hydrogen-bond acceptors (Lipinski definition) is 4. The smallest absolute Gasteiger partial charge is 0.249 e. The predicted molar refractivity (Wildman–Crippen MR) is 84.8 cm³/mol. The van der Waals surface area contributed by atoms with Crippen LogP contribution in [0, 0.1) is 5.82 Å². The number of anilines is 1. The minimum Gasteiger partial charge on any atom is -0.352 e. The van der Waals surface area contributed by atoms with Gasteiger partial charge in [0.05, 0.1) is 25.3 Å². The molecule has 2 fully saturated rings. The molecular weight excluding hydrogens is 315 g/mol. The van der Waals surface area contributed by atoms with Crippen LogP contribution >= 0.6 is 0 Å². The number of ether oxygens (including phenoxy) is 2. The number of rotatable bonds is 4. The number of nitrogens with one attached hydrogen (secondary N) is 1. The molecule has 2 saturated heterocycles. The molecule has 0 aliphatic carbocycles. The summed E-state index contributed by atoms with van der Waals surface area (Å²) in [6, 6.07) is 5.51. The van der Waals surface area contributed by atoms with E-state index in [0.717, 1.165) is 6.42 Å². The third-order valence-corrected chi connectivity index (χ3v) is 4.17. The zero-order valence-electron chi connectivity index (χ0n) is 13.4. The van der Waals surface area contributed by atoms with Crippen molar-refractivity contribution < 1.29 is 23.5 Å². The molecule has 0 bridgehead atoms. The van der Waals surface area contributed by atoms with E-state index in [-0.39, 0.29) is 23.9 Å². The van der Waals surface area contributed by atoms with Crippen LogP contribution in [0.2, 0.25) is 0 Å². The van der Waals surface area contributed by atoms with Crippen LogP contribution < -0.4 is 10.2 Å². The summed E-state index contributed by atoms with van der Waals surface area (Å²) in [7, 11) is 0. The van der Waals surface area contributed by atoms with Crippen molar-refractivity contribution in [2.75, 3.05) is 24.7 Å². The van der Waals surface area contributed by atoms with Gasteiger partial charge in [-0.25, -0.2) is 4.39 Å². The van der Waals surface area contributed by atoms with Gasteiger partial charge < -0.3 is 19.7 Å². The summed E-state index contributed by atoms with van der Waals surface area (Å²) < 4.78 is 24.6. The molecule has 0 saturated carbocycles. The van der Waals surface area contributed by atoms with Crippen LogP contribution in [0.1, 0.15) is 25.7 Å². The van der Waals surface area contributed by atoms with Crippen LogP contribution in [0.15, 0.2) is 24.3 Å². The zero-order valence-corrected chi connectivity index (χ0v) is 13.4. The van der Waals surface area contributed by atoms with Gasteiger partial charge in [0.2, 0.25) is 11.8 Å². The first-order valence-corrected chi connectivity index (χ1v) is 8.23. The van der Waals surface area contributed by atoms with E-state index in [1.165, 1.54) is 11.0 Å². The van der Waals surface area contributed by atoms with Crippen LogP contribution in [0.3, 0.4) is 0 Å². The fourth-order valence-corrected chi connectivity index (χ4v) is 2.98. The Kier molecular flexibility index (Phi) is 5.42. The molecular formula is C17H21FN2O4. The number of carbonyl (C=O) groups excluding carboxylic acids is 2. The zero-order chi connectivity index (χ0) is 16.9.